The van der Waals surface area contributed by atoms with E-state index in [4.69, 9.17) is 11.6 Å². The molecule has 0 aliphatic heterocycles. The third kappa shape index (κ3) is 7.31. The summed E-state index contributed by atoms with van der Waals surface area (Å²) in [6, 6.07) is 11.6. The van der Waals surface area contributed by atoms with Crippen molar-refractivity contribution in [2.45, 2.75) is 50.2 Å². The van der Waals surface area contributed by atoms with Crippen LogP contribution in [0.1, 0.15) is 59.7 Å². The zero-order chi connectivity index (χ0) is 30.7. The van der Waals surface area contributed by atoms with Crippen LogP contribution in [-0.4, -0.2) is 43.3 Å². The fourth-order valence-corrected chi connectivity index (χ4v) is 5.15. The summed E-state index contributed by atoms with van der Waals surface area (Å²) in [5, 5.41) is 29.4. The lowest BCUT2D eigenvalue weighted by atomic mass is 10.0. The van der Waals surface area contributed by atoms with Crippen molar-refractivity contribution in [3.05, 3.63) is 93.2 Å². The number of halogens is 2. The van der Waals surface area contributed by atoms with Crippen LogP contribution in [0.2, 0.25) is 5.02 Å². The number of carbonyl (C=O) groups is 2. The molecule has 5 rings (SSSR count). The zero-order valence-electron chi connectivity index (χ0n) is 23.5. The minimum absolute atomic E-state index is 0.0229. The quantitative estimate of drug-likeness (QED) is 0.128. The molecule has 0 radical (unpaired) electrons. The highest BCUT2D eigenvalue weighted by atomic mass is 35.5. The van der Waals surface area contributed by atoms with Crippen molar-refractivity contribution >= 4 is 40.9 Å². The molecule has 0 unspecified atom stereocenters. The highest BCUT2D eigenvalue weighted by Crippen LogP contribution is 2.41. The maximum absolute atomic E-state index is 15.2. The van der Waals surface area contributed by atoms with E-state index in [1.165, 1.54) is 40.8 Å². The van der Waals surface area contributed by atoms with Gasteiger partial charge < -0.3 is 15.8 Å². The van der Waals surface area contributed by atoms with Gasteiger partial charge in [0, 0.05) is 23.4 Å². The molecule has 43 heavy (non-hydrogen) atoms. The number of aromatic nitrogens is 5. The lowest BCUT2D eigenvalue weighted by Gasteiger charge is -2.19. The Hall–Kier alpha value is -4.47. The average molecular weight is 620 g/mol. The van der Waals surface area contributed by atoms with Crippen LogP contribution in [0.4, 0.5) is 10.1 Å². The van der Waals surface area contributed by atoms with E-state index < -0.39 is 17.3 Å². The molecule has 0 saturated heterocycles. The lowest BCUT2D eigenvalue weighted by molar-refractivity contribution is -0.605. The summed E-state index contributed by atoms with van der Waals surface area (Å²) in [5.41, 5.74) is 1.74. The Balaban J connectivity index is 1.21. The molecule has 0 bridgehead atoms. The minimum Gasteiger partial charge on any atom is -0.619 e. The maximum Gasteiger partial charge on any atom is 0.252 e. The average Bonchev–Trinajstić information content (AvgIpc) is 3.72. The number of amides is 2. The molecule has 220 valence electrons. The summed E-state index contributed by atoms with van der Waals surface area (Å²) >= 11 is 7.62. The predicted molar refractivity (Wildman–Crippen MR) is 160 cm³/mol. The molecule has 1 aliphatic carbocycles. The van der Waals surface area contributed by atoms with Crippen molar-refractivity contribution in [2.24, 2.45) is 0 Å². The van der Waals surface area contributed by atoms with Crippen molar-refractivity contribution in [2.75, 3.05) is 11.1 Å². The minimum atomic E-state index is -0.996. The number of tetrazole rings is 1. The molecule has 2 aromatic heterocycles. The fourth-order valence-electron chi connectivity index (χ4n) is 4.19. The Morgan fingerprint density at radius 3 is 2.65 bits per heavy atom. The monoisotopic (exact) mass is 619 g/mol. The number of benzene rings is 2. The van der Waals surface area contributed by atoms with Crippen LogP contribution in [0.3, 0.4) is 0 Å². The first kappa shape index (κ1) is 30.0. The van der Waals surface area contributed by atoms with Crippen molar-refractivity contribution in [3.8, 4) is 17.5 Å². The summed E-state index contributed by atoms with van der Waals surface area (Å²) in [6.45, 7) is 4.90. The van der Waals surface area contributed by atoms with Crippen LogP contribution >= 0.6 is 23.4 Å². The molecule has 10 nitrogen and oxygen atoms in total. The van der Waals surface area contributed by atoms with Gasteiger partial charge in [0.25, 0.3) is 5.91 Å². The van der Waals surface area contributed by atoms with Crippen LogP contribution in [0.5, 0.6) is 0 Å². The normalized spacial score (nSPS) is 12.8. The molecule has 2 amide bonds. The van der Waals surface area contributed by atoms with E-state index in [-0.39, 0.29) is 22.8 Å². The molecule has 2 heterocycles. The van der Waals surface area contributed by atoms with Crippen molar-refractivity contribution in [1.82, 2.24) is 25.5 Å². The number of carbonyl (C=O) groups excluding carboxylic acids is 2. The van der Waals surface area contributed by atoms with Crippen LogP contribution in [0.25, 0.3) is 5.69 Å². The molecule has 4 aromatic rings. The van der Waals surface area contributed by atoms with Crippen LogP contribution in [0, 0.1) is 29.8 Å². The van der Waals surface area contributed by atoms with E-state index >= 15 is 4.39 Å². The number of nitrogens with one attached hydrogen (secondary N) is 2. The fraction of sp³-hybridized carbons (Fsp3) is 0.267. The number of rotatable bonds is 8. The van der Waals surface area contributed by atoms with Gasteiger partial charge in [0.1, 0.15) is 5.82 Å². The number of hydrogen-bond donors (Lipinski definition) is 2. The van der Waals surface area contributed by atoms with E-state index in [2.05, 4.69) is 38.0 Å². The molecule has 1 aliphatic rings. The Bertz CT molecular complexity index is 1760. The standard InChI is InChI=1S/C30H27ClFN7O3S/c1-18-24(8-6-20(27(18)32)10-13-30(2,3)34-28(41)21-11-14-38(42)15-12-21)33-26(40)17-43-29-35-36-37-39(29)25-9-7-22(16-23(25)31)19-4-5-19/h6-9,11-12,14-16,19H,4-5,17H2,1-3H3,(H,33,40)(H,34,41). The first-order valence-corrected chi connectivity index (χ1v) is 14.7. The second-order valence-corrected chi connectivity index (χ2v) is 11.9. The second kappa shape index (κ2) is 12.4. The highest BCUT2D eigenvalue weighted by molar-refractivity contribution is 7.99. The van der Waals surface area contributed by atoms with Gasteiger partial charge in [-0.1, -0.05) is 41.3 Å². The van der Waals surface area contributed by atoms with E-state index in [0.717, 1.165) is 24.6 Å². The smallest absolute Gasteiger partial charge is 0.252 e. The molecule has 2 N–H and O–H groups in total. The van der Waals surface area contributed by atoms with Gasteiger partial charge in [-0.25, -0.2) is 4.39 Å². The van der Waals surface area contributed by atoms with Crippen LogP contribution in [0.15, 0.2) is 60.0 Å². The van der Waals surface area contributed by atoms with Crippen molar-refractivity contribution in [3.63, 3.8) is 0 Å². The summed E-state index contributed by atoms with van der Waals surface area (Å²) in [6.07, 6.45) is 4.76. The van der Waals surface area contributed by atoms with E-state index in [0.29, 0.717) is 37.8 Å². The third-order valence-corrected chi connectivity index (χ3v) is 7.90. The van der Waals surface area contributed by atoms with Crippen molar-refractivity contribution < 1.29 is 18.7 Å². The Labute approximate surface area is 256 Å². The van der Waals surface area contributed by atoms with Crippen LogP contribution < -0.4 is 15.4 Å². The number of thioether (sulfide) groups is 1. The van der Waals surface area contributed by atoms with Gasteiger partial charge in [-0.2, -0.15) is 9.41 Å². The van der Waals surface area contributed by atoms with E-state index in [1.807, 2.05) is 18.2 Å². The Morgan fingerprint density at radius 2 is 1.95 bits per heavy atom. The van der Waals surface area contributed by atoms with Gasteiger partial charge in [-0.15, -0.1) is 5.10 Å². The third-order valence-electron chi connectivity index (χ3n) is 6.68. The maximum atomic E-state index is 15.2. The topological polar surface area (TPSA) is 129 Å². The Kier molecular flexibility index (Phi) is 8.66. The lowest BCUT2D eigenvalue weighted by Crippen LogP contribution is -2.42. The van der Waals surface area contributed by atoms with E-state index in [9.17, 15) is 14.8 Å². The Morgan fingerprint density at radius 1 is 1.21 bits per heavy atom. The van der Waals surface area contributed by atoms with Gasteiger partial charge in [0.05, 0.1) is 33.1 Å². The molecule has 0 atom stereocenters. The molecule has 1 fully saturated rings. The van der Waals surface area contributed by atoms with Gasteiger partial charge >= 0.3 is 0 Å². The SMILES string of the molecule is Cc1c(NC(=O)CSc2nnnn2-c2ccc(C3CC3)cc2Cl)ccc(C#CC(C)(C)NC(=O)c2cc[n+]([O-])cc2)c1F. The molecule has 13 heteroatoms. The van der Waals surface area contributed by atoms with Gasteiger partial charge in [0.15, 0.2) is 12.4 Å². The van der Waals surface area contributed by atoms with Gasteiger partial charge in [0.2, 0.25) is 11.1 Å². The summed E-state index contributed by atoms with van der Waals surface area (Å²) in [7, 11) is 0. The number of pyridine rings is 1. The molecule has 1 saturated carbocycles. The predicted octanol–water partition coefficient (Wildman–Crippen LogP) is 4.56. The number of anilines is 1. The number of hydrogen-bond acceptors (Lipinski definition) is 7. The summed E-state index contributed by atoms with van der Waals surface area (Å²) < 4.78 is 17.3. The number of nitrogens with zero attached hydrogens (tertiary/aromatic N) is 5. The summed E-state index contributed by atoms with van der Waals surface area (Å²) in [5.74, 6) is 4.81. The highest BCUT2D eigenvalue weighted by Gasteiger charge is 2.25. The molecule has 0 spiro atoms. The molecular formula is C30H27ClFN7O3S. The summed E-state index contributed by atoms with van der Waals surface area (Å²) in [4.78, 5) is 25.2. The van der Waals surface area contributed by atoms with Crippen LogP contribution in [-0.2, 0) is 4.79 Å². The first-order chi connectivity index (χ1) is 20.5. The van der Waals surface area contributed by atoms with Gasteiger partial charge in [-0.05, 0) is 79.8 Å². The second-order valence-electron chi connectivity index (χ2n) is 10.6. The van der Waals surface area contributed by atoms with E-state index in [1.54, 1.807) is 26.8 Å². The van der Waals surface area contributed by atoms with Crippen molar-refractivity contribution in [1.29, 1.82) is 0 Å². The molecular weight excluding hydrogens is 593 g/mol. The largest absolute Gasteiger partial charge is 0.619 e. The first-order valence-electron chi connectivity index (χ1n) is 13.4. The van der Waals surface area contributed by atoms with Gasteiger partial charge in [-0.3, -0.25) is 9.59 Å². The zero-order valence-corrected chi connectivity index (χ0v) is 25.1. The molecule has 2 aromatic carbocycles.